The fraction of sp³-hybridized carbons (Fsp3) is 0.574. The van der Waals surface area contributed by atoms with Gasteiger partial charge in [0.25, 0.3) is 5.91 Å². The molecule has 8 rings (SSSR count). The molecule has 4 heterocycles. The molecule has 6 amide bonds. The molecule has 4 aliphatic heterocycles. The molecular weight excluding hydrogens is 937 g/mol. The minimum Gasteiger partial charge on any atom is -0.507 e. The number of aromatic hydroxyl groups is 2. The van der Waals surface area contributed by atoms with E-state index in [9.17, 15) is 58.8 Å². The molecule has 6 aliphatic rings. The van der Waals surface area contributed by atoms with Gasteiger partial charge in [0.15, 0.2) is 24.6 Å². The maximum Gasteiger partial charge on any atom is 0.252 e. The Kier molecular flexibility index (Phi) is 14.4. The van der Waals surface area contributed by atoms with Crippen LogP contribution in [0.15, 0.2) is 18.2 Å². The first-order valence-electron chi connectivity index (χ1n) is 23.8. The number of fused-ring (bicyclic) bond motifs is 6. The number of hydrogen-bond acceptors (Lipinski definition) is 19. The lowest BCUT2D eigenvalue weighted by molar-refractivity contribution is -0.256. The van der Waals surface area contributed by atoms with Gasteiger partial charge in [-0.1, -0.05) is 26.0 Å². The number of rotatable bonds is 16. The van der Waals surface area contributed by atoms with Crippen LogP contribution in [0.5, 0.6) is 17.2 Å². The number of likely N-dealkylation sites (tertiary alicyclic amines) is 1. The number of ketones is 2. The predicted octanol–water partition coefficient (Wildman–Crippen LogP) is -1.85. The molecule has 2 aliphatic carbocycles. The third-order valence-electron chi connectivity index (χ3n) is 13.7. The Labute approximate surface area is 408 Å². The van der Waals surface area contributed by atoms with Crippen molar-refractivity contribution in [1.82, 2.24) is 31.1 Å². The Morgan fingerprint density at radius 2 is 1.69 bits per heavy atom. The zero-order valence-corrected chi connectivity index (χ0v) is 39.6. The number of imide groups is 1. The summed E-state index contributed by atoms with van der Waals surface area (Å²) in [5.41, 5.74) is -4.15. The SMILES string of the molecule is [3H]C1CC(=O)N(CC(=O)N[C@H](C(=O)N[C@@H](CO)C(=O)NCCNC(=O)[C@]2(O)Cc3c(O)c4c(c(O)c3[C@@H](O[C@H]3C[C@H]5[C@H](O[C@@H]6[C@@H](OC)OCCN65)[C@H](C)O3)C2)C(=O)c2c(OC)cccc2C4=O)C(C)C)C1=O. The van der Waals surface area contributed by atoms with E-state index in [4.69, 9.17) is 29.8 Å². The Morgan fingerprint density at radius 3 is 2.37 bits per heavy atom. The second-order valence-corrected chi connectivity index (χ2v) is 18.5. The fourth-order valence-electron chi connectivity index (χ4n) is 10.2. The van der Waals surface area contributed by atoms with Crippen LogP contribution in [0.1, 0.15) is 96.9 Å². The van der Waals surface area contributed by atoms with E-state index in [0.717, 1.165) is 0 Å². The number of nitrogens with one attached hydrogen (secondary N) is 4. The van der Waals surface area contributed by atoms with Crippen LogP contribution < -0.4 is 26.0 Å². The summed E-state index contributed by atoms with van der Waals surface area (Å²) in [4.78, 5) is 109. The largest absolute Gasteiger partial charge is 0.507 e. The molecule has 2 aromatic rings. The maximum absolute atomic E-state index is 14.2. The molecule has 8 N–H and O–H groups in total. The molecule has 0 radical (unpaired) electrons. The number of hydrogen-bond donors (Lipinski definition) is 8. The molecule has 384 valence electrons. The van der Waals surface area contributed by atoms with Gasteiger partial charge in [0.1, 0.15) is 47.6 Å². The standard InChI is InChI=1S/C47H58N6O18/c1-20(2)36(51-28(55)18-53-29(56)9-10-30(53)57)43(63)50-24(19-54)42(62)48-11-12-49-46(64)47(65)16-23-33(40(61)35-34(38(23)59)37(58)22-7-6-8-26(66-4)32(22)39(35)60)27(17-47)70-31-15-25-41(21(3)69-31)71-44-45(67-5)68-14-13-52(25)44/h6-8,20-21,24-25,27,31,36,41,44-45,54,59,61,65H,9-19H2,1-5H3,(H,48,62)(H,49,64)(H,50,63)(H,51,55)/t21-,24-,25-,27-,31-,36-,41+,44+,45-,47-/m0/s1/i9T/t9?,21-,24-,25-,27-,31-,36-,41+,44+,45-,47-. The molecule has 0 saturated carbocycles. The topological polar surface area (TPSA) is 327 Å². The van der Waals surface area contributed by atoms with Crippen molar-refractivity contribution in [2.24, 2.45) is 5.92 Å². The summed E-state index contributed by atoms with van der Waals surface area (Å²) >= 11 is 0. The van der Waals surface area contributed by atoms with Crippen molar-refractivity contribution in [2.45, 2.75) is 114 Å². The average Bonchev–Trinajstić information content (AvgIpc) is 3.84. The number of methoxy groups -OCH3 is 2. The molecule has 71 heavy (non-hydrogen) atoms. The molecule has 11 atom stereocenters. The second-order valence-electron chi connectivity index (χ2n) is 18.5. The molecule has 0 spiro atoms. The van der Waals surface area contributed by atoms with E-state index in [1.54, 1.807) is 20.8 Å². The smallest absolute Gasteiger partial charge is 0.252 e. The Balaban J connectivity index is 0.977. The first kappa shape index (κ1) is 49.8. The number of amides is 6. The fourth-order valence-corrected chi connectivity index (χ4v) is 10.2. The number of nitrogens with zero attached hydrogens (tertiary/aromatic N) is 2. The lowest BCUT2D eigenvalue weighted by Gasteiger charge is -2.43. The number of carbonyl (C=O) groups is 8. The van der Waals surface area contributed by atoms with Crippen LogP contribution >= 0.6 is 0 Å². The number of phenols is 2. The number of carbonyl (C=O) groups excluding carboxylic acids is 8. The lowest BCUT2D eigenvalue weighted by atomic mass is 9.72. The second kappa shape index (κ2) is 20.5. The summed E-state index contributed by atoms with van der Waals surface area (Å²) in [6.45, 7) is 3.53. The Morgan fingerprint density at radius 1 is 0.958 bits per heavy atom. The van der Waals surface area contributed by atoms with E-state index in [0.29, 0.717) is 18.1 Å². The van der Waals surface area contributed by atoms with E-state index in [2.05, 4.69) is 26.2 Å². The number of morpholine rings is 1. The highest BCUT2D eigenvalue weighted by molar-refractivity contribution is 6.31. The number of aliphatic hydroxyl groups excluding tert-OH is 1. The van der Waals surface area contributed by atoms with Gasteiger partial charge < -0.3 is 70.1 Å². The van der Waals surface area contributed by atoms with Crippen LogP contribution in [-0.4, -0.2) is 186 Å². The average molecular weight is 997 g/mol. The number of phenolic OH excluding ortho intramolecular Hbond substituents is 2. The van der Waals surface area contributed by atoms with Gasteiger partial charge in [-0.25, -0.2) is 0 Å². The zero-order valence-electron chi connectivity index (χ0n) is 40.6. The summed E-state index contributed by atoms with van der Waals surface area (Å²) in [5, 5.41) is 56.2. The maximum atomic E-state index is 14.2. The van der Waals surface area contributed by atoms with Gasteiger partial charge in [0.2, 0.25) is 35.3 Å². The number of ether oxygens (including phenoxy) is 6. The molecule has 4 fully saturated rings. The summed E-state index contributed by atoms with van der Waals surface area (Å²) in [5.74, 6) is -8.88. The van der Waals surface area contributed by atoms with Gasteiger partial charge in [-0.2, -0.15) is 0 Å². The summed E-state index contributed by atoms with van der Waals surface area (Å²) in [7, 11) is 2.81. The quantitative estimate of drug-likeness (QED) is 0.0444. The molecule has 4 saturated heterocycles. The molecular formula is C47H58N6O18. The van der Waals surface area contributed by atoms with Gasteiger partial charge in [-0.05, 0) is 18.9 Å². The Bertz CT molecular complexity index is 2560. The van der Waals surface area contributed by atoms with Gasteiger partial charge in [-0.15, -0.1) is 0 Å². The van der Waals surface area contributed by atoms with Gasteiger partial charge >= 0.3 is 0 Å². The van der Waals surface area contributed by atoms with E-state index in [-0.39, 0.29) is 60.0 Å². The van der Waals surface area contributed by atoms with Crippen LogP contribution in [0, 0.1) is 5.92 Å². The van der Waals surface area contributed by atoms with Crippen molar-refractivity contribution in [3.8, 4) is 17.2 Å². The van der Waals surface area contributed by atoms with Crippen LogP contribution in [0.2, 0.25) is 0 Å². The highest BCUT2D eigenvalue weighted by Gasteiger charge is 2.55. The monoisotopic (exact) mass is 996 g/mol. The normalized spacial score (nSPS) is 29.0. The lowest BCUT2D eigenvalue weighted by Crippen LogP contribution is -2.58. The van der Waals surface area contributed by atoms with Crippen LogP contribution in [-0.2, 0) is 58.9 Å². The first-order chi connectivity index (χ1) is 34.2. The molecule has 0 bridgehead atoms. The van der Waals surface area contributed by atoms with E-state index >= 15 is 0 Å². The molecule has 24 nitrogen and oxygen atoms in total. The van der Waals surface area contributed by atoms with Gasteiger partial charge in [0.05, 0.1) is 49.2 Å². The van der Waals surface area contributed by atoms with Gasteiger partial charge in [0, 0.05) is 82.9 Å². The van der Waals surface area contributed by atoms with E-state index in [1.165, 1.54) is 32.4 Å². The Hall–Kier alpha value is -6.12. The van der Waals surface area contributed by atoms with Crippen LogP contribution in [0.4, 0.5) is 0 Å². The predicted molar refractivity (Wildman–Crippen MR) is 239 cm³/mol. The first-order valence-corrected chi connectivity index (χ1v) is 23.2. The number of benzene rings is 2. The molecule has 0 aromatic heterocycles. The molecule has 24 heteroatoms. The van der Waals surface area contributed by atoms with Gasteiger partial charge in [-0.3, -0.25) is 48.2 Å². The summed E-state index contributed by atoms with van der Waals surface area (Å²) < 4.78 is 43.5. The van der Waals surface area contributed by atoms with Crippen molar-refractivity contribution in [1.29, 1.82) is 0 Å². The third-order valence-corrected chi connectivity index (χ3v) is 13.7. The van der Waals surface area contributed by atoms with Crippen molar-refractivity contribution in [3.05, 3.63) is 51.6 Å². The van der Waals surface area contributed by atoms with E-state index < -0.39 is 163 Å². The molecule has 1 unspecified atom stereocenters. The summed E-state index contributed by atoms with van der Waals surface area (Å²) in [6, 6.07) is 1.20. The highest BCUT2D eigenvalue weighted by atomic mass is 16.7. The van der Waals surface area contributed by atoms with Crippen LogP contribution in [0.3, 0.4) is 0 Å². The third kappa shape index (κ3) is 9.57. The van der Waals surface area contributed by atoms with Crippen molar-refractivity contribution in [2.75, 3.05) is 53.6 Å². The molecule has 2 aromatic carbocycles. The highest BCUT2D eigenvalue weighted by Crippen LogP contribution is 2.53. The minimum atomic E-state index is -2.43. The van der Waals surface area contributed by atoms with Crippen molar-refractivity contribution < 1.29 is 88.6 Å². The number of aliphatic hydroxyl groups is 2. The van der Waals surface area contributed by atoms with Crippen molar-refractivity contribution >= 4 is 47.0 Å². The van der Waals surface area contributed by atoms with Crippen LogP contribution in [0.25, 0.3) is 0 Å². The zero-order chi connectivity index (χ0) is 52.1. The minimum absolute atomic E-state index is 0.0501. The van der Waals surface area contributed by atoms with Crippen molar-refractivity contribution in [3.63, 3.8) is 0 Å². The summed E-state index contributed by atoms with van der Waals surface area (Å²) in [6.07, 6.45) is -7.53. The van der Waals surface area contributed by atoms with E-state index in [1.807, 2.05) is 0 Å².